The van der Waals surface area contributed by atoms with Gasteiger partial charge in [-0.1, -0.05) is 5.92 Å². The Kier molecular flexibility index (Phi) is 2.87. The van der Waals surface area contributed by atoms with Crippen molar-refractivity contribution in [1.29, 1.82) is 0 Å². The van der Waals surface area contributed by atoms with Gasteiger partial charge in [0, 0.05) is 18.2 Å². The molecule has 0 radical (unpaired) electrons. The monoisotopic (exact) mass is 167 g/mol. The van der Waals surface area contributed by atoms with Crippen molar-refractivity contribution >= 4 is 18.4 Å². The Labute approximate surface area is 70.8 Å². The molecule has 0 fully saturated rings. The number of thiol groups is 1. The van der Waals surface area contributed by atoms with Crippen LogP contribution in [0.15, 0.2) is 6.07 Å². The van der Waals surface area contributed by atoms with Gasteiger partial charge in [-0.25, -0.2) is 0 Å². The molecule has 0 atom stereocenters. The summed E-state index contributed by atoms with van der Waals surface area (Å²) >= 11 is 4.02. The van der Waals surface area contributed by atoms with Gasteiger partial charge in [-0.3, -0.25) is 5.10 Å². The van der Waals surface area contributed by atoms with Crippen LogP contribution in [0.4, 0.5) is 5.82 Å². The van der Waals surface area contributed by atoms with Crippen LogP contribution in [0.3, 0.4) is 0 Å². The predicted octanol–water partition coefficient (Wildman–Crippen LogP) is 0.663. The van der Waals surface area contributed by atoms with Crippen LogP contribution >= 0.6 is 12.6 Å². The van der Waals surface area contributed by atoms with Gasteiger partial charge in [-0.05, 0) is 5.92 Å². The number of nitrogens with zero attached hydrogens (tertiary/aromatic N) is 1. The third-order valence-corrected chi connectivity index (χ3v) is 1.28. The quantitative estimate of drug-likeness (QED) is 0.425. The van der Waals surface area contributed by atoms with Crippen LogP contribution in [0.2, 0.25) is 0 Å². The minimum Gasteiger partial charge on any atom is -0.382 e. The molecule has 0 aromatic carbocycles. The summed E-state index contributed by atoms with van der Waals surface area (Å²) in [5.74, 6) is 7.03. The fourth-order valence-electron chi connectivity index (χ4n) is 0.615. The van der Waals surface area contributed by atoms with Crippen LogP contribution in [0, 0.1) is 11.8 Å². The lowest BCUT2D eigenvalue weighted by Gasteiger charge is -1.77. The van der Waals surface area contributed by atoms with Gasteiger partial charge in [0.1, 0.15) is 11.5 Å². The van der Waals surface area contributed by atoms with Gasteiger partial charge in [0.05, 0.1) is 0 Å². The normalized spacial score (nSPS) is 8.82. The summed E-state index contributed by atoms with van der Waals surface area (Å²) < 4.78 is 0. The van der Waals surface area contributed by atoms with Crippen molar-refractivity contribution in [3.05, 3.63) is 11.8 Å². The van der Waals surface area contributed by atoms with Crippen molar-refractivity contribution in [3.8, 4) is 11.8 Å². The largest absolute Gasteiger partial charge is 0.382 e. The van der Waals surface area contributed by atoms with Crippen LogP contribution in [0.5, 0.6) is 0 Å². The van der Waals surface area contributed by atoms with E-state index in [1.54, 1.807) is 6.07 Å². The highest BCUT2D eigenvalue weighted by molar-refractivity contribution is 7.80. The summed E-state index contributed by atoms with van der Waals surface area (Å²) in [4.78, 5) is 0. The van der Waals surface area contributed by atoms with Crippen molar-refractivity contribution in [2.24, 2.45) is 0 Å². The Hall–Kier alpha value is -1.08. The molecule has 4 heteroatoms. The summed E-state index contributed by atoms with van der Waals surface area (Å²) in [6, 6.07) is 1.70. The number of rotatable bonds is 1. The van der Waals surface area contributed by atoms with E-state index < -0.39 is 0 Å². The summed E-state index contributed by atoms with van der Waals surface area (Å²) in [5.41, 5.74) is 6.11. The van der Waals surface area contributed by atoms with Crippen molar-refractivity contribution in [2.45, 2.75) is 6.42 Å². The molecule has 0 aliphatic carbocycles. The van der Waals surface area contributed by atoms with Crippen LogP contribution in [-0.2, 0) is 0 Å². The lowest BCUT2D eigenvalue weighted by molar-refractivity contribution is 1.08. The standard InChI is InChI=1S/C7H9N3S/c8-7-5-6(9-10-7)3-1-2-4-11/h5,11H,2,4H2,(H3,8,9,10). The molecule has 0 saturated carbocycles. The first kappa shape index (κ1) is 8.02. The van der Waals surface area contributed by atoms with Crippen LogP contribution in [-0.4, -0.2) is 16.0 Å². The number of nitrogens with one attached hydrogen (secondary N) is 1. The summed E-state index contributed by atoms with van der Waals surface area (Å²) in [5, 5.41) is 6.42. The number of nitrogen functional groups attached to an aromatic ring is 1. The Morgan fingerprint density at radius 1 is 1.73 bits per heavy atom. The lowest BCUT2D eigenvalue weighted by Crippen LogP contribution is -1.81. The van der Waals surface area contributed by atoms with E-state index in [1.807, 2.05) is 0 Å². The number of hydrogen-bond donors (Lipinski definition) is 3. The van der Waals surface area contributed by atoms with E-state index in [0.717, 1.165) is 17.9 Å². The fourth-order valence-corrected chi connectivity index (χ4v) is 0.727. The topological polar surface area (TPSA) is 54.7 Å². The molecule has 1 heterocycles. The van der Waals surface area contributed by atoms with E-state index in [2.05, 4.69) is 34.7 Å². The average Bonchev–Trinajstić information content (AvgIpc) is 2.37. The molecule has 0 aliphatic rings. The molecule has 1 aromatic rings. The smallest absolute Gasteiger partial charge is 0.146 e. The van der Waals surface area contributed by atoms with E-state index in [4.69, 9.17) is 5.73 Å². The van der Waals surface area contributed by atoms with Crippen LogP contribution < -0.4 is 5.73 Å². The molecule has 3 N–H and O–H groups in total. The van der Waals surface area contributed by atoms with Gasteiger partial charge < -0.3 is 5.73 Å². The van der Waals surface area contributed by atoms with Crippen molar-refractivity contribution in [2.75, 3.05) is 11.5 Å². The van der Waals surface area contributed by atoms with Gasteiger partial charge in [-0.2, -0.15) is 17.7 Å². The molecule has 1 aromatic heterocycles. The Morgan fingerprint density at radius 3 is 3.09 bits per heavy atom. The fraction of sp³-hybridized carbons (Fsp3) is 0.286. The number of nitrogens with two attached hydrogens (primary N) is 1. The van der Waals surface area contributed by atoms with Crippen molar-refractivity contribution in [1.82, 2.24) is 10.2 Å². The second kappa shape index (κ2) is 3.94. The Morgan fingerprint density at radius 2 is 2.55 bits per heavy atom. The molecule has 3 nitrogen and oxygen atoms in total. The van der Waals surface area contributed by atoms with Crippen molar-refractivity contribution in [3.63, 3.8) is 0 Å². The first-order chi connectivity index (χ1) is 5.33. The average molecular weight is 167 g/mol. The molecule has 58 valence electrons. The van der Waals surface area contributed by atoms with E-state index in [9.17, 15) is 0 Å². The van der Waals surface area contributed by atoms with Gasteiger partial charge in [-0.15, -0.1) is 0 Å². The van der Waals surface area contributed by atoms with Gasteiger partial charge in [0.2, 0.25) is 0 Å². The van der Waals surface area contributed by atoms with E-state index in [-0.39, 0.29) is 0 Å². The first-order valence-electron chi connectivity index (χ1n) is 3.23. The van der Waals surface area contributed by atoms with Crippen LogP contribution in [0.25, 0.3) is 0 Å². The summed E-state index contributed by atoms with van der Waals surface area (Å²) in [6.45, 7) is 0. The number of hydrogen-bond acceptors (Lipinski definition) is 3. The highest BCUT2D eigenvalue weighted by atomic mass is 32.1. The van der Waals surface area contributed by atoms with E-state index in [0.29, 0.717) is 5.82 Å². The van der Waals surface area contributed by atoms with Gasteiger partial charge in [0.15, 0.2) is 0 Å². The Bertz CT molecular complexity index is 281. The second-order valence-corrected chi connectivity index (χ2v) is 2.43. The number of aromatic amines is 1. The SMILES string of the molecule is Nc1cc(C#CCCS)[nH]n1. The minimum absolute atomic E-state index is 0.472. The molecule has 1 rings (SSSR count). The zero-order valence-corrected chi connectivity index (χ0v) is 6.86. The lowest BCUT2D eigenvalue weighted by atomic mass is 10.4. The van der Waals surface area contributed by atoms with E-state index >= 15 is 0 Å². The molecular weight excluding hydrogens is 158 g/mol. The molecule has 0 aliphatic heterocycles. The zero-order chi connectivity index (χ0) is 8.10. The second-order valence-electron chi connectivity index (χ2n) is 1.98. The maximum absolute atomic E-state index is 5.36. The number of aromatic nitrogens is 2. The summed E-state index contributed by atoms with van der Waals surface area (Å²) in [6.07, 6.45) is 0.780. The molecule has 0 amide bonds. The van der Waals surface area contributed by atoms with Gasteiger partial charge in [0.25, 0.3) is 0 Å². The molecule has 0 saturated heterocycles. The molecule has 0 unspecified atom stereocenters. The Balaban J connectivity index is 2.59. The minimum atomic E-state index is 0.472. The molecule has 0 bridgehead atoms. The molecule has 0 spiro atoms. The number of anilines is 1. The molecular formula is C7H9N3S. The van der Waals surface area contributed by atoms with Gasteiger partial charge >= 0.3 is 0 Å². The highest BCUT2D eigenvalue weighted by Gasteiger charge is 1.89. The van der Waals surface area contributed by atoms with Crippen molar-refractivity contribution < 1.29 is 0 Å². The van der Waals surface area contributed by atoms with Crippen LogP contribution in [0.1, 0.15) is 12.1 Å². The summed E-state index contributed by atoms with van der Waals surface area (Å²) in [7, 11) is 0. The maximum atomic E-state index is 5.36. The third kappa shape index (κ3) is 2.56. The highest BCUT2D eigenvalue weighted by Crippen LogP contribution is 1.97. The first-order valence-corrected chi connectivity index (χ1v) is 3.87. The predicted molar refractivity (Wildman–Crippen MR) is 48.3 cm³/mol. The molecule has 11 heavy (non-hydrogen) atoms. The maximum Gasteiger partial charge on any atom is 0.146 e. The zero-order valence-electron chi connectivity index (χ0n) is 5.96. The van der Waals surface area contributed by atoms with E-state index in [1.165, 1.54) is 0 Å². The third-order valence-electron chi connectivity index (χ3n) is 1.06. The number of H-pyrrole nitrogens is 1.